The van der Waals surface area contributed by atoms with Gasteiger partial charge >= 0.3 is 0 Å². The van der Waals surface area contributed by atoms with E-state index in [0.717, 1.165) is 6.04 Å². The number of hydrogen-bond donors (Lipinski definition) is 0. The van der Waals surface area contributed by atoms with Crippen LogP contribution in [0.3, 0.4) is 0 Å². The molecule has 2 nitrogen and oxygen atoms in total. The maximum absolute atomic E-state index is 2.78. The lowest BCUT2D eigenvalue weighted by atomic mass is 9.94. The van der Waals surface area contributed by atoms with Gasteiger partial charge in [-0.1, -0.05) is 19.3 Å². The van der Waals surface area contributed by atoms with Crippen molar-refractivity contribution in [2.24, 2.45) is 0 Å². The van der Waals surface area contributed by atoms with Gasteiger partial charge in [-0.3, -0.25) is 4.90 Å². The summed E-state index contributed by atoms with van der Waals surface area (Å²) in [5.41, 5.74) is 0. The molecule has 2 heteroatoms. The van der Waals surface area contributed by atoms with Gasteiger partial charge in [-0.25, -0.2) is 0 Å². The van der Waals surface area contributed by atoms with Crippen molar-refractivity contribution < 1.29 is 4.48 Å². The van der Waals surface area contributed by atoms with Crippen LogP contribution < -0.4 is 0 Å². The van der Waals surface area contributed by atoms with Crippen molar-refractivity contribution in [2.45, 2.75) is 51.5 Å². The Bertz CT molecular complexity index is 199. The van der Waals surface area contributed by atoms with Crippen LogP contribution in [0, 0.1) is 0 Å². The maximum Gasteiger partial charge on any atom is 0.135 e. The van der Waals surface area contributed by atoms with Gasteiger partial charge in [0.1, 0.15) is 6.67 Å². The lowest BCUT2D eigenvalue weighted by Crippen LogP contribution is -2.58. The fourth-order valence-electron chi connectivity index (χ4n) is 3.24. The Kier molecular flexibility index (Phi) is 3.68. The second-order valence-corrected chi connectivity index (χ2v) is 5.76. The number of nitrogens with zero attached hydrogens (tertiary/aromatic N) is 2. The van der Waals surface area contributed by atoms with Gasteiger partial charge in [0.05, 0.1) is 20.1 Å². The van der Waals surface area contributed by atoms with Gasteiger partial charge in [0.25, 0.3) is 0 Å². The minimum atomic E-state index is 0.919. The molecule has 15 heavy (non-hydrogen) atoms. The predicted octanol–water partition coefficient (Wildman–Crippen LogP) is 2.45. The van der Waals surface area contributed by atoms with E-state index in [2.05, 4.69) is 18.9 Å². The van der Waals surface area contributed by atoms with Crippen LogP contribution in [0.5, 0.6) is 0 Å². The highest BCUT2D eigenvalue weighted by molar-refractivity contribution is 4.75. The maximum atomic E-state index is 2.78. The van der Waals surface area contributed by atoms with Crippen LogP contribution in [0.15, 0.2) is 0 Å². The Balaban J connectivity index is 1.91. The Labute approximate surface area is 94.8 Å². The van der Waals surface area contributed by atoms with Gasteiger partial charge in [0, 0.05) is 19.0 Å². The van der Waals surface area contributed by atoms with Crippen molar-refractivity contribution in [3.05, 3.63) is 0 Å². The predicted molar refractivity (Wildman–Crippen MR) is 64.7 cm³/mol. The van der Waals surface area contributed by atoms with E-state index in [9.17, 15) is 0 Å². The molecule has 88 valence electrons. The molecule has 0 N–H and O–H groups in total. The quantitative estimate of drug-likeness (QED) is 0.634. The van der Waals surface area contributed by atoms with Crippen LogP contribution in [0.1, 0.15) is 45.4 Å². The van der Waals surface area contributed by atoms with Gasteiger partial charge in [-0.15, -0.1) is 0 Å². The molecule has 0 aromatic heterocycles. The summed E-state index contributed by atoms with van der Waals surface area (Å²) in [5, 5.41) is 0. The summed E-state index contributed by atoms with van der Waals surface area (Å²) in [6.07, 6.45) is 8.74. The molecular weight excluding hydrogens is 184 g/mol. The molecule has 0 bridgehead atoms. The molecule has 0 unspecified atom stereocenters. The van der Waals surface area contributed by atoms with Crippen LogP contribution in [0.25, 0.3) is 0 Å². The molecule has 2 aliphatic rings. The summed E-state index contributed by atoms with van der Waals surface area (Å²) in [6, 6.07) is 0.919. The van der Waals surface area contributed by atoms with Crippen LogP contribution in [0.2, 0.25) is 0 Å². The Morgan fingerprint density at radius 2 is 1.87 bits per heavy atom. The average Bonchev–Trinajstić information content (AvgIpc) is 2.30. The third kappa shape index (κ3) is 2.73. The van der Waals surface area contributed by atoms with Crippen molar-refractivity contribution >= 4 is 0 Å². The van der Waals surface area contributed by atoms with E-state index in [1.165, 1.54) is 69.3 Å². The smallest absolute Gasteiger partial charge is 0.135 e. The minimum Gasteiger partial charge on any atom is -0.314 e. The zero-order valence-corrected chi connectivity index (χ0v) is 10.5. The lowest BCUT2D eigenvalue weighted by Gasteiger charge is -2.46. The Hall–Kier alpha value is -0.0800. The SMILES string of the molecule is CC[N@+]1(C)CCCN(C2CCCCC2)C1. The summed E-state index contributed by atoms with van der Waals surface area (Å²) in [7, 11) is 2.43. The van der Waals surface area contributed by atoms with Crippen LogP contribution in [0.4, 0.5) is 0 Å². The first-order chi connectivity index (χ1) is 7.23. The highest BCUT2D eigenvalue weighted by Crippen LogP contribution is 2.25. The molecule has 1 aliphatic heterocycles. The van der Waals surface area contributed by atoms with E-state index in [1.54, 1.807) is 0 Å². The highest BCUT2D eigenvalue weighted by Gasteiger charge is 2.32. The highest BCUT2D eigenvalue weighted by atomic mass is 15.5. The van der Waals surface area contributed by atoms with E-state index in [1.807, 2.05) is 0 Å². The first kappa shape index (κ1) is 11.4. The summed E-state index contributed by atoms with van der Waals surface area (Å²) < 4.78 is 1.27. The standard InChI is InChI=1S/C13H27N2/c1-3-15(2)11-7-10-14(12-15)13-8-5-4-6-9-13/h13H,3-12H2,1-2H3/q+1/t15-/m1/s1. The van der Waals surface area contributed by atoms with Gasteiger partial charge in [-0.2, -0.15) is 0 Å². The van der Waals surface area contributed by atoms with Gasteiger partial charge in [0.2, 0.25) is 0 Å². The Morgan fingerprint density at radius 1 is 1.13 bits per heavy atom. The first-order valence-electron chi connectivity index (χ1n) is 6.81. The van der Waals surface area contributed by atoms with E-state index < -0.39 is 0 Å². The van der Waals surface area contributed by atoms with Crippen molar-refractivity contribution in [1.29, 1.82) is 0 Å². The van der Waals surface area contributed by atoms with E-state index in [0.29, 0.717) is 0 Å². The molecule has 0 aromatic rings. The van der Waals surface area contributed by atoms with Gasteiger partial charge in [0.15, 0.2) is 0 Å². The first-order valence-corrected chi connectivity index (χ1v) is 6.81. The molecule has 2 fully saturated rings. The number of rotatable bonds is 2. The molecule has 0 radical (unpaired) electrons. The van der Waals surface area contributed by atoms with Crippen molar-refractivity contribution in [2.75, 3.05) is 33.4 Å². The third-order valence-electron chi connectivity index (χ3n) is 4.52. The van der Waals surface area contributed by atoms with Crippen LogP contribution in [-0.2, 0) is 0 Å². The summed E-state index contributed by atoms with van der Waals surface area (Å²) in [5.74, 6) is 0. The van der Waals surface area contributed by atoms with E-state index in [4.69, 9.17) is 0 Å². The van der Waals surface area contributed by atoms with Gasteiger partial charge < -0.3 is 4.48 Å². The van der Waals surface area contributed by atoms with Gasteiger partial charge in [-0.05, 0) is 19.8 Å². The second kappa shape index (κ2) is 4.84. The average molecular weight is 211 g/mol. The minimum absolute atomic E-state index is 0.919. The normalized spacial score (nSPS) is 35.6. The second-order valence-electron chi connectivity index (χ2n) is 5.76. The molecule has 0 spiro atoms. The largest absolute Gasteiger partial charge is 0.314 e. The lowest BCUT2D eigenvalue weighted by molar-refractivity contribution is -0.923. The molecule has 1 saturated heterocycles. The van der Waals surface area contributed by atoms with Crippen molar-refractivity contribution in [1.82, 2.24) is 4.90 Å². The van der Waals surface area contributed by atoms with E-state index in [-0.39, 0.29) is 0 Å². The van der Waals surface area contributed by atoms with Crippen molar-refractivity contribution in [3.8, 4) is 0 Å². The molecule has 0 aromatic carbocycles. The fourth-order valence-corrected chi connectivity index (χ4v) is 3.24. The zero-order valence-electron chi connectivity index (χ0n) is 10.5. The fraction of sp³-hybridized carbons (Fsp3) is 1.00. The summed E-state index contributed by atoms with van der Waals surface area (Å²) >= 11 is 0. The molecule has 1 atom stereocenters. The van der Waals surface area contributed by atoms with E-state index >= 15 is 0 Å². The van der Waals surface area contributed by atoms with Crippen LogP contribution in [-0.4, -0.2) is 48.8 Å². The molecule has 1 aliphatic carbocycles. The van der Waals surface area contributed by atoms with Crippen molar-refractivity contribution in [3.63, 3.8) is 0 Å². The Morgan fingerprint density at radius 3 is 2.53 bits per heavy atom. The molecule has 2 rings (SSSR count). The monoisotopic (exact) mass is 211 g/mol. The summed E-state index contributed by atoms with van der Waals surface area (Å²) in [4.78, 5) is 2.78. The third-order valence-corrected chi connectivity index (χ3v) is 4.52. The van der Waals surface area contributed by atoms with Crippen LogP contribution >= 0.6 is 0 Å². The number of hydrogen-bond acceptors (Lipinski definition) is 1. The molecular formula is C13H27N2+. The molecule has 0 amide bonds. The molecule has 1 saturated carbocycles. The molecule has 1 heterocycles. The zero-order chi connectivity index (χ0) is 10.7. The topological polar surface area (TPSA) is 3.24 Å². The number of quaternary nitrogens is 1. The summed E-state index contributed by atoms with van der Waals surface area (Å²) in [6.45, 7) is 7.69.